The molecule has 1 rings (SSSR count). The highest BCUT2D eigenvalue weighted by Crippen LogP contribution is 2.24. The highest BCUT2D eigenvalue weighted by molar-refractivity contribution is 7.85. The summed E-state index contributed by atoms with van der Waals surface area (Å²) < 4.78 is 54.0. The van der Waals surface area contributed by atoms with E-state index in [1.807, 2.05) is 0 Å². The molecule has 0 spiro atoms. The normalized spacial score (nSPS) is 20.4. The molecule has 1 aliphatic rings. The molecule has 0 amide bonds. The van der Waals surface area contributed by atoms with Crippen LogP contribution in [0.15, 0.2) is 0 Å². The van der Waals surface area contributed by atoms with Crippen LogP contribution in [0.2, 0.25) is 0 Å². The largest absolute Gasteiger partial charge is 0.462 e. The zero-order valence-corrected chi connectivity index (χ0v) is 36.8. The van der Waals surface area contributed by atoms with Crippen LogP contribution in [0.5, 0.6) is 0 Å². The Balaban J connectivity index is 2.38. The minimum atomic E-state index is -4.59. The SMILES string of the molecule is CCCCCCCCCCCCCCCCCCCCCC(=O)OC(COC(=O)CCCCCCCCCCCC)COC1OC(CS(=O)(=O)O)C(O)C(O)C1O. The number of ether oxygens (including phenoxy) is 4. The summed E-state index contributed by atoms with van der Waals surface area (Å²) in [5, 5.41) is 30.8. The lowest BCUT2D eigenvalue weighted by Crippen LogP contribution is -2.60. The second kappa shape index (κ2) is 35.4. The first-order chi connectivity index (χ1) is 27.5. The summed E-state index contributed by atoms with van der Waals surface area (Å²) in [4.78, 5) is 25.3. The van der Waals surface area contributed by atoms with E-state index in [-0.39, 0.29) is 19.4 Å². The van der Waals surface area contributed by atoms with Gasteiger partial charge in [-0.1, -0.05) is 187 Å². The van der Waals surface area contributed by atoms with Gasteiger partial charge in [-0.3, -0.25) is 14.1 Å². The molecule has 0 saturated carbocycles. The minimum Gasteiger partial charge on any atom is -0.462 e. The molecular formula is C44H84O12S. The van der Waals surface area contributed by atoms with Crippen molar-refractivity contribution in [1.29, 1.82) is 0 Å². The van der Waals surface area contributed by atoms with E-state index < -0.39 is 71.2 Å². The van der Waals surface area contributed by atoms with E-state index in [0.717, 1.165) is 38.5 Å². The van der Waals surface area contributed by atoms with Gasteiger partial charge in [0, 0.05) is 12.8 Å². The number of aliphatic hydroxyl groups excluding tert-OH is 3. The van der Waals surface area contributed by atoms with Gasteiger partial charge in [-0.2, -0.15) is 8.42 Å². The van der Waals surface area contributed by atoms with Crippen molar-refractivity contribution in [1.82, 2.24) is 0 Å². The Bertz CT molecular complexity index is 1070. The molecule has 13 heteroatoms. The van der Waals surface area contributed by atoms with Crippen molar-refractivity contribution in [3.63, 3.8) is 0 Å². The van der Waals surface area contributed by atoms with E-state index in [4.69, 9.17) is 18.9 Å². The number of hydrogen-bond donors (Lipinski definition) is 4. The summed E-state index contributed by atoms with van der Waals surface area (Å²) in [5.41, 5.74) is 0. The second-order valence-electron chi connectivity index (χ2n) is 16.4. The molecule has 0 radical (unpaired) electrons. The molecule has 1 aliphatic heterocycles. The molecule has 1 heterocycles. The maximum Gasteiger partial charge on any atom is 0.306 e. The fourth-order valence-electron chi connectivity index (χ4n) is 7.33. The third-order valence-corrected chi connectivity index (χ3v) is 11.7. The zero-order chi connectivity index (χ0) is 42.0. The number of carbonyl (C=O) groups excluding carboxylic acids is 2. The van der Waals surface area contributed by atoms with Gasteiger partial charge in [-0.05, 0) is 12.8 Å². The van der Waals surface area contributed by atoms with Crippen molar-refractivity contribution in [2.24, 2.45) is 0 Å². The van der Waals surface area contributed by atoms with Gasteiger partial charge in [0.25, 0.3) is 10.1 Å². The van der Waals surface area contributed by atoms with E-state index in [1.54, 1.807) is 0 Å². The molecule has 6 atom stereocenters. The quantitative estimate of drug-likeness (QED) is 0.0262. The fourth-order valence-corrected chi connectivity index (χ4v) is 8.02. The van der Waals surface area contributed by atoms with Crippen molar-refractivity contribution < 1.29 is 56.8 Å². The van der Waals surface area contributed by atoms with Gasteiger partial charge in [-0.25, -0.2) is 0 Å². The van der Waals surface area contributed by atoms with E-state index >= 15 is 0 Å². The van der Waals surface area contributed by atoms with E-state index in [0.29, 0.717) is 12.8 Å². The average Bonchev–Trinajstić information content (AvgIpc) is 3.17. The summed E-state index contributed by atoms with van der Waals surface area (Å²) in [6.45, 7) is 3.76. The lowest BCUT2D eigenvalue weighted by molar-refractivity contribution is -0.297. The molecule has 57 heavy (non-hydrogen) atoms. The molecule has 12 nitrogen and oxygen atoms in total. The smallest absolute Gasteiger partial charge is 0.306 e. The minimum absolute atomic E-state index is 0.172. The Morgan fingerprint density at radius 3 is 1.28 bits per heavy atom. The Morgan fingerprint density at radius 1 is 0.526 bits per heavy atom. The molecule has 0 bridgehead atoms. The predicted octanol–water partition coefficient (Wildman–Crippen LogP) is 9.29. The second-order valence-corrected chi connectivity index (χ2v) is 17.9. The molecule has 1 saturated heterocycles. The van der Waals surface area contributed by atoms with Gasteiger partial charge in [0.05, 0.1) is 6.61 Å². The molecule has 6 unspecified atom stereocenters. The third kappa shape index (κ3) is 30.4. The lowest BCUT2D eigenvalue weighted by atomic mass is 10.00. The monoisotopic (exact) mass is 837 g/mol. The van der Waals surface area contributed by atoms with Crippen LogP contribution in [-0.2, 0) is 38.7 Å². The van der Waals surface area contributed by atoms with E-state index in [2.05, 4.69) is 13.8 Å². The first-order valence-electron chi connectivity index (χ1n) is 23.1. The Hall–Kier alpha value is -1.35. The molecule has 1 fully saturated rings. The molecule has 338 valence electrons. The van der Waals surface area contributed by atoms with Crippen molar-refractivity contribution in [3.05, 3.63) is 0 Å². The third-order valence-electron chi connectivity index (χ3n) is 10.9. The van der Waals surface area contributed by atoms with Crippen molar-refractivity contribution >= 4 is 22.1 Å². The Labute approximate surface area is 346 Å². The van der Waals surface area contributed by atoms with Crippen LogP contribution in [0.4, 0.5) is 0 Å². The molecule has 0 aliphatic carbocycles. The molecule has 0 aromatic carbocycles. The van der Waals surface area contributed by atoms with Gasteiger partial charge in [0.2, 0.25) is 0 Å². The van der Waals surface area contributed by atoms with Crippen LogP contribution >= 0.6 is 0 Å². The maximum atomic E-state index is 12.8. The highest BCUT2D eigenvalue weighted by atomic mass is 32.2. The van der Waals surface area contributed by atoms with Crippen LogP contribution < -0.4 is 0 Å². The Morgan fingerprint density at radius 2 is 0.895 bits per heavy atom. The van der Waals surface area contributed by atoms with Gasteiger partial charge < -0.3 is 34.3 Å². The van der Waals surface area contributed by atoms with Crippen molar-refractivity contribution in [2.45, 2.75) is 250 Å². The van der Waals surface area contributed by atoms with Gasteiger partial charge in [0.15, 0.2) is 12.4 Å². The summed E-state index contributed by atoms with van der Waals surface area (Å²) in [6, 6.07) is 0. The number of esters is 2. The average molecular weight is 837 g/mol. The number of unbranched alkanes of at least 4 members (excludes halogenated alkanes) is 27. The first-order valence-corrected chi connectivity index (χ1v) is 24.7. The number of aliphatic hydroxyl groups is 3. The number of carbonyl (C=O) groups is 2. The van der Waals surface area contributed by atoms with Gasteiger partial charge in [0.1, 0.15) is 36.8 Å². The van der Waals surface area contributed by atoms with Crippen molar-refractivity contribution in [2.75, 3.05) is 19.0 Å². The molecule has 4 N–H and O–H groups in total. The summed E-state index contributed by atoms with van der Waals surface area (Å²) in [6.07, 6.45) is 25.9. The van der Waals surface area contributed by atoms with Crippen LogP contribution in [0.1, 0.15) is 213 Å². The van der Waals surface area contributed by atoms with Crippen LogP contribution in [-0.4, -0.2) is 96.0 Å². The predicted molar refractivity (Wildman–Crippen MR) is 224 cm³/mol. The maximum absolute atomic E-state index is 12.8. The summed E-state index contributed by atoms with van der Waals surface area (Å²) in [7, 11) is -4.59. The topological polar surface area (TPSA) is 186 Å². The summed E-state index contributed by atoms with van der Waals surface area (Å²) in [5.74, 6) is -1.96. The number of hydrogen-bond acceptors (Lipinski definition) is 11. The van der Waals surface area contributed by atoms with Crippen molar-refractivity contribution in [3.8, 4) is 0 Å². The summed E-state index contributed by atoms with van der Waals surface area (Å²) >= 11 is 0. The Kier molecular flexibility index (Phi) is 33.3. The lowest BCUT2D eigenvalue weighted by Gasteiger charge is -2.40. The first kappa shape index (κ1) is 53.7. The van der Waals surface area contributed by atoms with Crippen LogP contribution in [0.25, 0.3) is 0 Å². The number of rotatable bonds is 39. The standard InChI is InChI=1S/C44H84O12S/c1-3-5-7-9-11-13-15-16-17-18-19-20-21-22-23-25-27-29-31-33-40(46)55-37(34-53-39(45)32-30-28-26-24-14-12-10-8-6-4-2)35-54-44-43(49)42(48)41(47)38(56-44)36-57(50,51)52/h37-38,41-44,47-49H,3-36H2,1-2H3,(H,50,51,52). The molecule has 0 aromatic rings. The van der Waals surface area contributed by atoms with Gasteiger partial charge >= 0.3 is 11.9 Å². The zero-order valence-electron chi connectivity index (χ0n) is 36.0. The van der Waals surface area contributed by atoms with Crippen LogP contribution in [0, 0.1) is 0 Å². The van der Waals surface area contributed by atoms with Crippen LogP contribution in [0.3, 0.4) is 0 Å². The van der Waals surface area contributed by atoms with E-state index in [1.165, 1.54) is 135 Å². The van der Waals surface area contributed by atoms with Gasteiger partial charge in [-0.15, -0.1) is 0 Å². The highest BCUT2D eigenvalue weighted by Gasteiger charge is 2.46. The molecular weight excluding hydrogens is 753 g/mol. The van der Waals surface area contributed by atoms with E-state index in [9.17, 15) is 37.9 Å². The molecule has 0 aromatic heterocycles. The fraction of sp³-hybridized carbons (Fsp3) is 0.955.